The summed E-state index contributed by atoms with van der Waals surface area (Å²) in [5.74, 6) is 2.22. The molecule has 0 amide bonds. The van der Waals surface area contributed by atoms with Crippen LogP contribution in [0.2, 0.25) is 0 Å². The number of furan rings is 1. The predicted octanol–water partition coefficient (Wildman–Crippen LogP) is 4.97. The first-order valence-electron chi connectivity index (χ1n) is 8.63. The maximum Gasteiger partial charge on any atom is 0.213 e. The minimum Gasteiger partial charge on any atom is -0.464 e. The van der Waals surface area contributed by atoms with Crippen LogP contribution in [0.5, 0.6) is 5.75 Å². The fourth-order valence-electron chi connectivity index (χ4n) is 3.62. The molecular weight excluding hydrogens is 331 g/mol. The Morgan fingerprint density at radius 3 is 2.62 bits per heavy atom. The van der Waals surface area contributed by atoms with Crippen molar-refractivity contribution in [2.45, 2.75) is 25.6 Å². The molecule has 0 aliphatic carbocycles. The smallest absolute Gasteiger partial charge is 0.213 e. The minimum absolute atomic E-state index is 0.0652. The quantitative estimate of drug-likeness (QED) is 0.656. The standard InChI is InChI=1S/C21H17FN2O2/c1-13-6-11-20(25-13)17-12-18-16-4-2-3-5-19(16)26-21(24(18)23-17)14-7-9-15(22)10-8-14/h2-11,18,21H,12H2,1H3/t18-,21+/m0/s1. The van der Waals surface area contributed by atoms with Gasteiger partial charge in [0.1, 0.15) is 28.8 Å². The first-order valence-corrected chi connectivity index (χ1v) is 8.63. The number of rotatable bonds is 2. The van der Waals surface area contributed by atoms with Crippen LogP contribution in [0, 0.1) is 12.7 Å². The summed E-state index contributed by atoms with van der Waals surface area (Å²) in [4.78, 5) is 0. The average molecular weight is 348 g/mol. The van der Waals surface area contributed by atoms with E-state index in [9.17, 15) is 4.39 Å². The van der Waals surface area contributed by atoms with Gasteiger partial charge in [0.05, 0.1) is 6.04 Å². The van der Waals surface area contributed by atoms with Crippen molar-refractivity contribution in [1.82, 2.24) is 5.01 Å². The van der Waals surface area contributed by atoms with Crippen molar-refractivity contribution < 1.29 is 13.5 Å². The molecule has 2 aliphatic heterocycles. The molecule has 2 aliphatic rings. The van der Waals surface area contributed by atoms with Crippen LogP contribution >= 0.6 is 0 Å². The van der Waals surface area contributed by atoms with Gasteiger partial charge in [-0.15, -0.1) is 0 Å². The highest BCUT2D eigenvalue weighted by Gasteiger charge is 2.41. The first-order chi connectivity index (χ1) is 12.7. The predicted molar refractivity (Wildman–Crippen MR) is 95.4 cm³/mol. The Hall–Kier alpha value is -3.08. The van der Waals surface area contributed by atoms with Crippen molar-refractivity contribution in [1.29, 1.82) is 0 Å². The zero-order valence-corrected chi connectivity index (χ0v) is 14.2. The summed E-state index contributed by atoms with van der Waals surface area (Å²) in [6.07, 6.45) is 0.342. The summed E-state index contributed by atoms with van der Waals surface area (Å²) in [5, 5.41) is 6.77. The van der Waals surface area contributed by atoms with Gasteiger partial charge in [-0.2, -0.15) is 5.10 Å². The lowest BCUT2D eigenvalue weighted by Crippen LogP contribution is -2.33. The molecule has 0 radical (unpaired) electrons. The fourth-order valence-corrected chi connectivity index (χ4v) is 3.62. The van der Waals surface area contributed by atoms with E-state index >= 15 is 0 Å². The van der Waals surface area contributed by atoms with Gasteiger partial charge < -0.3 is 9.15 Å². The SMILES string of the molecule is Cc1ccc(C2=NN3[C@@H](c4ccc(F)cc4)Oc4ccccc4[C@@H]3C2)o1. The number of fused-ring (bicyclic) bond motifs is 3. The summed E-state index contributed by atoms with van der Waals surface area (Å²) in [6, 6.07) is 18.4. The van der Waals surface area contributed by atoms with Gasteiger partial charge in [0.25, 0.3) is 0 Å². The van der Waals surface area contributed by atoms with E-state index in [1.54, 1.807) is 12.1 Å². The lowest BCUT2D eigenvalue weighted by atomic mass is 9.97. The van der Waals surface area contributed by atoms with Gasteiger partial charge in [-0.05, 0) is 37.3 Å². The maximum absolute atomic E-state index is 13.4. The van der Waals surface area contributed by atoms with Gasteiger partial charge in [-0.25, -0.2) is 9.40 Å². The molecule has 2 atom stereocenters. The second-order valence-electron chi connectivity index (χ2n) is 6.62. The van der Waals surface area contributed by atoms with Gasteiger partial charge in [0.2, 0.25) is 6.23 Å². The number of para-hydroxylation sites is 1. The Kier molecular flexibility index (Phi) is 3.35. The lowest BCUT2D eigenvalue weighted by molar-refractivity contribution is -0.0190. The van der Waals surface area contributed by atoms with Gasteiger partial charge >= 0.3 is 0 Å². The Bertz CT molecular complexity index is 993. The number of hydrogen-bond donors (Lipinski definition) is 0. The van der Waals surface area contributed by atoms with Gasteiger partial charge in [0.15, 0.2) is 0 Å². The van der Waals surface area contributed by atoms with Crippen LogP contribution in [0.25, 0.3) is 0 Å². The molecule has 1 aromatic heterocycles. The fraction of sp³-hybridized carbons (Fsp3) is 0.190. The van der Waals surface area contributed by atoms with E-state index in [1.165, 1.54) is 12.1 Å². The molecule has 4 nitrogen and oxygen atoms in total. The third-order valence-electron chi connectivity index (χ3n) is 4.88. The monoisotopic (exact) mass is 348 g/mol. The van der Waals surface area contributed by atoms with Crippen LogP contribution in [0.3, 0.4) is 0 Å². The van der Waals surface area contributed by atoms with E-state index in [2.05, 4.69) is 6.07 Å². The van der Waals surface area contributed by atoms with Gasteiger partial charge in [-0.1, -0.05) is 30.3 Å². The highest BCUT2D eigenvalue weighted by atomic mass is 19.1. The van der Waals surface area contributed by atoms with E-state index < -0.39 is 6.23 Å². The third-order valence-corrected chi connectivity index (χ3v) is 4.88. The number of ether oxygens (including phenoxy) is 1. The molecule has 5 rings (SSSR count). The Balaban J connectivity index is 1.59. The van der Waals surface area contributed by atoms with Crippen LogP contribution in [0.1, 0.15) is 41.3 Å². The third kappa shape index (κ3) is 2.39. The Morgan fingerprint density at radius 1 is 1.04 bits per heavy atom. The molecule has 0 N–H and O–H groups in total. The molecule has 26 heavy (non-hydrogen) atoms. The molecule has 130 valence electrons. The molecule has 3 heterocycles. The number of nitrogens with zero attached hydrogens (tertiary/aromatic N) is 2. The van der Waals surface area contributed by atoms with Gasteiger partial charge in [-0.3, -0.25) is 0 Å². The molecule has 5 heteroatoms. The second-order valence-corrected chi connectivity index (χ2v) is 6.62. The van der Waals surface area contributed by atoms with Gasteiger partial charge in [0, 0.05) is 17.5 Å². The molecular formula is C21H17FN2O2. The van der Waals surface area contributed by atoms with E-state index in [1.807, 2.05) is 42.3 Å². The van der Waals surface area contributed by atoms with E-state index in [0.29, 0.717) is 0 Å². The Morgan fingerprint density at radius 2 is 1.85 bits per heavy atom. The zero-order valence-electron chi connectivity index (χ0n) is 14.2. The highest BCUT2D eigenvalue weighted by Crippen LogP contribution is 2.47. The second kappa shape index (κ2) is 5.73. The number of aryl methyl sites for hydroxylation is 1. The lowest BCUT2D eigenvalue weighted by Gasteiger charge is -2.38. The molecule has 0 bridgehead atoms. The summed E-state index contributed by atoms with van der Waals surface area (Å²) < 4.78 is 25.3. The normalized spacial score (nSPS) is 21.0. The van der Waals surface area contributed by atoms with Crippen molar-refractivity contribution >= 4 is 5.71 Å². The van der Waals surface area contributed by atoms with Crippen LogP contribution in [0.15, 0.2) is 70.2 Å². The molecule has 0 saturated carbocycles. The summed E-state index contributed by atoms with van der Waals surface area (Å²) in [7, 11) is 0. The number of benzene rings is 2. The van der Waals surface area contributed by atoms with E-state index in [-0.39, 0.29) is 11.9 Å². The summed E-state index contributed by atoms with van der Waals surface area (Å²) in [5.41, 5.74) is 2.87. The number of hydrazone groups is 1. The molecule has 3 aromatic rings. The first kappa shape index (κ1) is 15.2. The van der Waals surface area contributed by atoms with Crippen LogP contribution < -0.4 is 4.74 Å². The molecule has 0 fully saturated rings. The molecule has 2 aromatic carbocycles. The topological polar surface area (TPSA) is 38.0 Å². The van der Waals surface area contributed by atoms with E-state index in [4.69, 9.17) is 14.3 Å². The van der Waals surface area contributed by atoms with Crippen LogP contribution in [-0.4, -0.2) is 10.7 Å². The van der Waals surface area contributed by atoms with Crippen LogP contribution in [-0.2, 0) is 0 Å². The molecule has 0 unspecified atom stereocenters. The van der Waals surface area contributed by atoms with E-state index in [0.717, 1.165) is 40.5 Å². The average Bonchev–Trinajstić information content (AvgIpc) is 3.28. The molecule has 0 saturated heterocycles. The minimum atomic E-state index is -0.399. The van der Waals surface area contributed by atoms with Crippen molar-refractivity contribution in [2.24, 2.45) is 5.10 Å². The van der Waals surface area contributed by atoms with Crippen molar-refractivity contribution in [2.75, 3.05) is 0 Å². The van der Waals surface area contributed by atoms with Crippen molar-refractivity contribution in [3.05, 3.63) is 89.1 Å². The number of hydrogen-bond acceptors (Lipinski definition) is 4. The summed E-state index contributed by atoms with van der Waals surface area (Å²) >= 11 is 0. The maximum atomic E-state index is 13.4. The van der Waals surface area contributed by atoms with Crippen LogP contribution in [0.4, 0.5) is 4.39 Å². The number of halogens is 1. The highest BCUT2D eigenvalue weighted by molar-refractivity contribution is 5.99. The van der Waals surface area contributed by atoms with Crippen molar-refractivity contribution in [3.8, 4) is 5.75 Å². The summed E-state index contributed by atoms with van der Waals surface area (Å²) in [6.45, 7) is 1.92. The molecule has 0 spiro atoms. The van der Waals surface area contributed by atoms with Crippen molar-refractivity contribution in [3.63, 3.8) is 0 Å². The largest absolute Gasteiger partial charge is 0.464 e. The zero-order chi connectivity index (χ0) is 17.7. The Labute approximate surface area is 150 Å².